The Labute approximate surface area is 170 Å². The van der Waals surface area contributed by atoms with Crippen molar-refractivity contribution in [2.75, 3.05) is 16.8 Å². The minimum absolute atomic E-state index is 0.0103. The molecule has 0 saturated carbocycles. The first kappa shape index (κ1) is 18.9. The third-order valence-corrected chi connectivity index (χ3v) is 5.30. The Morgan fingerprint density at radius 2 is 1.86 bits per heavy atom. The van der Waals surface area contributed by atoms with E-state index >= 15 is 0 Å². The van der Waals surface area contributed by atoms with Gasteiger partial charge < -0.3 is 10.2 Å². The molecule has 2 amide bonds. The largest absolute Gasteiger partial charge is 0.311 e. The number of hydrogen-bond acceptors (Lipinski definition) is 3. The molecule has 1 fully saturated rings. The second-order valence-corrected chi connectivity index (χ2v) is 7.24. The SMILES string of the molecule is CCc1ccccc1N1CC(C(=O)Nc2ccnn2Cc2ccccc2)CC1=O. The number of carbonyl (C=O) groups is 2. The molecule has 3 aromatic rings. The zero-order chi connectivity index (χ0) is 20.2. The summed E-state index contributed by atoms with van der Waals surface area (Å²) in [5.74, 6) is 0.0969. The molecule has 148 valence electrons. The van der Waals surface area contributed by atoms with Crippen molar-refractivity contribution in [3.63, 3.8) is 0 Å². The molecule has 1 aliphatic rings. The minimum atomic E-state index is -0.382. The Hall–Kier alpha value is -3.41. The van der Waals surface area contributed by atoms with Gasteiger partial charge in [0.25, 0.3) is 0 Å². The molecule has 1 atom stereocenters. The van der Waals surface area contributed by atoms with Gasteiger partial charge in [0.05, 0.1) is 18.7 Å². The van der Waals surface area contributed by atoms with Crippen LogP contribution in [0.4, 0.5) is 11.5 Å². The number of aryl methyl sites for hydroxylation is 1. The lowest BCUT2D eigenvalue weighted by Gasteiger charge is -2.20. The maximum absolute atomic E-state index is 12.9. The second-order valence-electron chi connectivity index (χ2n) is 7.24. The Balaban J connectivity index is 1.45. The van der Waals surface area contributed by atoms with E-state index in [2.05, 4.69) is 17.3 Å². The van der Waals surface area contributed by atoms with Gasteiger partial charge in [0.2, 0.25) is 11.8 Å². The molecule has 0 radical (unpaired) electrons. The van der Waals surface area contributed by atoms with Gasteiger partial charge in [-0.2, -0.15) is 5.10 Å². The lowest BCUT2D eigenvalue weighted by atomic mass is 10.1. The molecule has 1 N–H and O–H groups in total. The number of para-hydroxylation sites is 1. The predicted molar refractivity (Wildman–Crippen MR) is 113 cm³/mol. The summed E-state index contributed by atoms with van der Waals surface area (Å²) in [6, 6.07) is 19.6. The molecule has 6 heteroatoms. The van der Waals surface area contributed by atoms with E-state index in [4.69, 9.17) is 0 Å². The van der Waals surface area contributed by atoms with E-state index in [1.54, 1.807) is 21.8 Å². The van der Waals surface area contributed by atoms with Crippen LogP contribution in [0.25, 0.3) is 0 Å². The quantitative estimate of drug-likeness (QED) is 0.703. The molecule has 1 unspecified atom stereocenters. The molecule has 29 heavy (non-hydrogen) atoms. The average molecular weight is 388 g/mol. The van der Waals surface area contributed by atoms with Crippen molar-refractivity contribution in [2.24, 2.45) is 5.92 Å². The number of carbonyl (C=O) groups excluding carboxylic acids is 2. The van der Waals surface area contributed by atoms with Gasteiger partial charge in [-0.05, 0) is 23.6 Å². The number of nitrogens with one attached hydrogen (secondary N) is 1. The van der Waals surface area contributed by atoms with Crippen LogP contribution in [0.5, 0.6) is 0 Å². The summed E-state index contributed by atoms with van der Waals surface area (Å²) in [5, 5.41) is 7.27. The van der Waals surface area contributed by atoms with Gasteiger partial charge in [-0.3, -0.25) is 9.59 Å². The monoisotopic (exact) mass is 388 g/mol. The van der Waals surface area contributed by atoms with Crippen LogP contribution >= 0.6 is 0 Å². The van der Waals surface area contributed by atoms with Crippen molar-refractivity contribution < 1.29 is 9.59 Å². The van der Waals surface area contributed by atoms with Crippen molar-refractivity contribution in [3.8, 4) is 0 Å². The predicted octanol–water partition coefficient (Wildman–Crippen LogP) is 3.49. The van der Waals surface area contributed by atoms with Crippen LogP contribution in [-0.4, -0.2) is 28.1 Å². The Bertz CT molecular complexity index is 1010. The molecule has 6 nitrogen and oxygen atoms in total. The molecule has 1 aliphatic heterocycles. The summed E-state index contributed by atoms with van der Waals surface area (Å²) in [4.78, 5) is 27.2. The van der Waals surface area contributed by atoms with Crippen LogP contribution in [0.1, 0.15) is 24.5 Å². The van der Waals surface area contributed by atoms with Crippen molar-refractivity contribution in [1.29, 1.82) is 0 Å². The number of anilines is 2. The van der Waals surface area contributed by atoms with Crippen LogP contribution in [0.15, 0.2) is 66.9 Å². The summed E-state index contributed by atoms with van der Waals surface area (Å²) < 4.78 is 1.76. The molecule has 2 aromatic carbocycles. The fraction of sp³-hybridized carbons (Fsp3) is 0.261. The zero-order valence-corrected chi connectivity index (χ0v) is 16.4. The van der Waals surface area contributed by atoms with E-state index in [0.29, 0.717) is 18.9 Å². The first-order chi connectivity index (χ1) is 14.2. The molecule has 0 spiro atoms. The topological polar surface area (TPSA) is 67.2 Å². The Morgan fingerprint density at radius 3 is 2.66 bits per heavy atom. The summed E-state index contributed by atoms with van der Waals surface area (Å²) in [6.45, 7) is 3.04. The number of amides is 2. The molecular weight excluding hydrogens is 364 g/mol. The van der Waals surface area contributed by atoms with Crippen LogP contribution < -0.4 is 10.2 Å². The van der Waals surface area contributed by atoms with E-state index in [1.807, 2.05) is 54.6 Å². The molecule has 0 bridgehead atoms. The second kappa shape index (κ2) is 8.31. The first-order valence-corrected chi connectivity index (χ1v) is 9.90. The molecule has 1 aromatic heterocycles. The highest BCUT2D eigenvalue weighted by molar-refractivity contribution is 6.03. The number of rotatable bonds is 6. The van der Waals surface area contributed by atoms with Gasteiger partial charge in [-0.15, -0.1) is 0 Å². The summed E-state index contributed by atoms with van der Waals surface area (Å²) >= 11 is 0. The smallest absolute Gasteiger partial charge is 0.230 e. The van der Waals surface area contributed by atoms with E-state index in [1.165, 1.54) is 0 Å². The van der Waals surface area contributed by atoms with Crippen LogP contribution in [0.3, 0.4) is 0 Å². The van der Waals surface area contributed by atoms with E-state index in [-0.39, 0.29) is 24.2 Å². The van der Waals surface area contributed by atoms with Crippen molar-refractivity contribution in [3.05, 3.63) is 78.0 Å². The van der Waals surface area contributed by atoms with Gasteiger partial charge in [0.15, 0.2) is 0 Å². The third kappa shape index (κ3) is 4.06. The van der Waals surface area contributed by atoms with E-state index < -0.39 is 0 Å². The van der Waals surface area contributed by atoms with E-state index in [0.717, 1.165) is 23.2 Å². The number of hydrogen-bond donors (Lipinski definition) is 1. The standard InChI is InChI=1S/C23H24N4O2/c1-2-18-10-6-7-11-20(18)26-16-19(14-22(26)28)23(29)25-21-12-13-24-27(21)15-17-8-4-3-5-9-17/h3-13,19H,2,14-16H2,1H3,(H,25,29). The van der Waals surface area contributed by atoms with Crippen LogP contribution in [0, 0.1) is 5.92 Å². The fourth-order valence-corrected chi connectivity index (χ4v) is 3.74. The number of benzene rings is 2. The lowest BCUT2D eigenvalue weighted by molar-refractivity contribution is -0.122. The van der Waals surface area contributed by atoms with Gasteiger partial charge in [0, 0.05) is 24.7 Å². The number of nitrogens with zero attached hydrogens (tertiary/aromatic N) is 3. The third-order valence-electron chi connectivity index (χ3n) is 5.30. The van der Waals surface area contributed by atoms with Gasteiger partial charge >= 0.3 is 0 Å². The molecule has 4 rings (SSSR count). The van der Waals surface area contributed by atoms with Crippen LogP contribution in [0.2, 0.25) is 0 Å². The Morgan fingerprint density at radius 1 is 1.10 bits per heavy atom. The van der Waals surface area contributed by atoms with Crippen molar-refractivity contribution >= 4 is 23.3 Å². The maximum atomic E-state index is 12.9. The van der Waals surface area contributed by atoms with Gasteiger partial charge in [-0.25, -0.2) is 4.68 Å². The molecule has 1 saturated heterocycles. The van der Waals surface area contributed by atoms with Gasteiger partial charge in [-0.1, -0.05) is 55.5 Å². The number of aromatic nitrogens is 2. The summed E-state index contributed by atoms with van der Waals surface area (Å²) in [5.41, 5.74) is 3.12. The zero-order valence-electron chi connectivity index (χ0n) is 16.4. The highest BCUT2D eigenvalue weighted by Crippen LogP contribution is 2.29. The average Bonchev–Trinajstić information content (AvgIpc) is 3.35. The molecule has 2 heterocycles. The fourth-order valence-electron chi connectivity index (χ4n) is 3.74. The summed E-state index contributed by atoms with van der Waals surface area (Å²) in [6.07, 6.45) is 2.73. The van der Waals surface area contributed by atoms with Crippen LogP contribution in [-0.2, 0) is 22.6 Å². The van der Waals surface area contributed by atoms with Gasteiger partial charge in [0.1, 0.15) is 5.82 Å². The molecular formula is C23H24N4O2. The normalized spacial score (nSPS) is 16.2. The van der Waals surface area contributed by atoms with Crippen molar-refractivity contribution in [2.45, 2.75) is 26.3 Å². The highest BCUT2D eigenvalue weighted by atomic mass is 16.2. The molecule has 0 aliphatic carbocycles. The Kier molecular flexibility index (Phi) is 5.42. The maximum Gasteiger partial charge on any atom is 0.230 e. The lowest BCUT2D eigenvalue weighted by Crippen LogP contribution is -2.29. The minimum Gasteiger partial charge on any atom is -0.311 e. The first-order valence-electron chi connectivity index (χ1n) is 9.90. The highest BCUT2D eigenvalue weighted by Gasteiger charge is 2.36. The van der Waals surface area contributed by atoms with E-state index in [9.17, 15) is 9.59 Å². The van der Waals surface area contributed by atoms with Crippen molar-refractivity contribution in [1.82, 2.24) is 9.78 Å². The summed E-state index contributed by atoms with van der Waals surface area (Å²) in [7, 11) is 0.